The van der Waals surface area contributed by atoms with E-state index in [0.29, 0.717) is 6.54 Å². The van der Waals surface area contributed by atoms with Crippen molar-refractivity contribution in [2.75, 3.05) is 34.3 Å². The van der Waals surface area contributed by atoms with Crippen LogP contribution in [0.5, 0.6) is 5.75 Å². The van der Waals surface area contributed by atoms with Crippen LogP contribution in [-0.4, -0.2) is 45.1 Å². The summed E-state index contributed by atoms with van der Waals surface area (Å²) in [4.78, 5) is 14.0. The molecule has 23 heavy (non-hydrogen) atoms. The molecule has 1 amide bonds. The van der Waals surface area contributed by atoms with Gasteiger partial charge in [-0.25, -0.2) is 0 Å². The molecular weight excluding hydrogens is 292 g/mol. The zero-order valence-corrected chi connectivity index (χ0v) is 13.9. The van der Waals surface area contributed by atoms with Gasteiger partial charge in [0, 0.05) is 19.3 Å². The third-order valence-corrected chi connectivity index (χ3v) is 3.15. The molecule has 0 heterocycles. The normalized spacial score (nSPS) is 11.0. The van der Waals surface area contributed by atoms with Gasteiger partial charge in [-0.2, -0.15) is 5.26 Å². The van der Waals surface area contributed by atoms with E-state index >= 15 is 0 Å². The fraction of sp³-hybridized carbons (Fsp3) is 0.412. The molecule has 6 nitrogen and oxygen atoms in total. The largest absolute Gasteiger partial charge is 0.497 e. The molecule has 0 spiro atoms. The molecule has 0 unspecified atom stereocenters. The fourth-order valence-corrected chi connectivity index (χ4v) is 1.84. The van der Waals surface area contributed by atoms with E-state index in [1.807, 2.05) is 44.4 Å². The minimum absolute atomic E-state index is 0.0726. The molecule has 0 aromatic heterocycles. The lowest BCUT2D eigenvalue weighted by Crippen LogP contribution is -2.25. The van der Waals surface area contributed by atoms with Crippen molar-refractivity contribution in [2.45, 2.75) is 13.0 Å². The summed E-state index contributed by atoms with van der Waals surface area (Å²) in [5.41, 5.74) is 1.01. The number of nitrogens with one attached hydrogen (secondary N) is 2. The summed E-state index contributed by atoms with van der Waals surface area (Å²) in [6.07, 6.45) is 2.41. The zero-order valence-electron chi connectivity index (χ0n) is 13.9. The summed E-state index contributed by atoms with van der Waals surface area (Å²) in [5, 5.41) is 14.8. The number of nitriles is 1. The van der Waals surface area contributed by atoms with Gasteiger partial charge in [0.25, 0.3) is 5.91 Å². The quantitative estimate of drug-likeness (QED) is 0.407. The average Bonchev–Trinajstić information content (AvgIpc) is 2.56. The highest BCUT2D eigenvalue weighted by atomic mass is 16.5. The summed E-state index contributed by atoms with van der Waals surface area (Å²) >= 11 is 0. The molecular formula is C17H24N4O2. The molecule has 124 valence electrons. The SMILES string of the molecule is COc1ccc(CNC(=O)/C(C#N)=C\NCCCN(C)C)cc1. The van der Waals surface area contributed by atoms with Gasteiger partial charge in [0.15, 0.2) is 0 Å². The summed E-state index contributed by atoms with van der Waals surface area (Å²) in [5.74, 6) is 0.378. The first-order valence-corrected chi connectivity index (χ1v) is 7.46. The summed E-state index contributed by atoms with van der Waals surface area (Å²) in [6, 6.07) is 9.31. The third-order valence-electron chi connectivity index (χ3n) is 3.15. The number of ether oxygens (including phenoxy) is 1. The van der Waals surface area contributed by atoms with Crippen molar-refractivity contribution >= 4 is 5.91 Å². The van der Waals surface area contributed by atoms with Crippen LogP contribution in [0, 0.1) is 11.3 Å². The minimum atomic E-state index is -0.386. The van der Waals surface area contributed by atoms with E-state index in [2.05, 4.69) is 15.5 Å². The number of hydrogen-bond donors (Lipinski definition) is 2. The number of rotatable bonds is 9. The van der Waals surface area contributed by atoms with Crippen molar-refractivity contribution in [1.82, 2.24) is 15.5 Å². The second-order valence-electron chi connectivity index (χ2n) is 5.31. The van der Waals surface area contributed by atoms with Crippen LogP contribution in [-0.2, 0) is 11.3 Å². The molecule has 0 aliphatic carbocycles. The number of methoxy groups -OCH3 is 1. The Bertz CT molecular complexity index is 559. The molecule has 0 radical (unpaired) electrons. The molecule has 6 heteroatoms. The monoisotopic (exact) mass is 316 g/mol. The van der Waals surface area contributed by atoms with Gasteiger partial charge in [0.2, 0.25) is 0 Å². The maximum atomic E-state index is 12.0. The number of nitrogens with zero attached hydrogens (tertiary/aromatic N) is 2. The van der Waals surface area contributed by atoms with Gasteiger partial charge in [0.1, 0.15) is 17.4 Å². The number of carbonyl (C=O) groups excluding carboxylic acids is 1. The standard InChI is InChI=1S/C17H24N4O2/c1-21(2)10-4-9-19-13-15(11-18)17(22)20-12-14-5-7-16(23-3)8-6-14/h5-8,13,19H,4,9-10,12H2,1-3H3,(H,20,22)/b15-13-. The lowest BCUT2D eigenvalue weighted by Gasteiger charge is -2.09. The molecule has 0 atom stereocenters. The Labute approximate surface area is 137 Å². The second-order valence-corrected chi connectivity index (χ2v) is 5.31. The lowest BCUT2D eigenvalue weighted by atomic mass is 10.2. The smallest absolute Gasteiger partial charge is 0.263 e. The minimum Gasteiger partial charge on any atom is -0.497 e. The Balaban J connectivity index is 2.42. The fourth-order valence-electron chi connectivity index (χ4n) is 1.84. The molecule has 2 N–H and O–H groups in total. The van der Waals surface area contributed by atoms with Crippen molar-refractivity contribution < 1.29 is 9.53 Å². The van der Waals surface area contributed by atoms with Crippen LogP contribution in [0.2, 0.25) is 0 Å². The highest BCUT2D eigenvalue weighted by molar-refractivity contribution is 5.97. The second kappa shape index (κ2) is 10.2. The maximum absolute atomic E-state index is 12.0. The van der Waals surface area contributed by atoms with Gasteiger partial charge in [-0.1, -0.05) is 12.1 Å². The average molecular weight is 316 g/mol. The van der Waals surface area contributed by atoms with Crippen molar-refractivity contribution in [3.05, 3.63) is 41.6 Å². The maximum Gasteiger partial charge on any atom is 0.263 e. The van der Waals surface area contributed by atoms with E-state index in [4.69, 9.17) is 10.00 Å². The summed E-state index contributed by atoms with van der Waals surface area (Å²) < 4.78 is 5.08. The van der Waals surface area contributed by atoms with Gasteiger partial charge in [-0.05, 0) is 44.8 Å². The molecule has 0 fully saturated rings. The lowest BCUT2D eigenvalue weighted by molar-refractivity contribution is -0.117. The van der Waals surface area contributed by atoms with Crippen molar-refractivity contribution in [3.8, 4) is 11.8 Å². The molecule has 0 saturated carbocycles. The van der Waals surface area contributed by atoms with Crippen molar-refractivity contribution in [2.24, 2.45) is 0 Å². The molecule has 1 rings (SSSR count). The number of benzene rings is 1. The van der Waals surface area contributed by atoms with E-state index in [9.17, 15) is 4.79 Å². The molecule has 1 aromatic rings. The van der Waals surface area contributed by atoms with Crippen LogP contribution in [0.4, 0.5) is 0 Å². The van der Waals surface area contributed by atoms with Gasteiger partial charge in [-0.15, -0.1) is 0 Å². The van der Waals surface area contributed by atoms with E-state index in [-0.39, 0.29) is 11.5 Å². The number of amides is 1. The predicted molar refractivity (Wildman–Crippen MR) is 89.7 cm³/mol. The van der Waals surface area contributed by atoms with E-state index < -0.39 is 0 Å². The summed E-state index contributed by atoms with van der Waals surface area (Å²) in [6.45, 7) is 2.03. The molecule has 0 aliphatic rings. The predicted octanol–water partition coefficient (Wildman–Crippen LogP) is 1.26. The number of hydrogen-bond acceptors (Lipinski definition) is 5. The zero-order chi connectivity index (χ0) is 17.1. The van der Waals surface area contributed by atoms with Gasteiger partial charge in [-0.3, -0.25) is 4.79 Å². The van der Waals surface area contributed by atoms with Crippen LogP contribution in [0.25, 0.3) is 0 Å². The first kappa shape index (κ1) is 18.5. The summed E-state index contributed by atoms with van der Waals surface area (Å²) in [7, 11) is 5.61. The highest BCUT2D eigenvalue weighted by Gasteiger charge is 2.08. The van der Waals surface area contributed by atoms with Gasteiger partial charge >= 0.3 is 0 Å². The molecule has 0 aliphatic heterocycles. The first-order chi connectivity index (χ1) is 11.1. The van der Waals surface area contributed by atoms with Gasteiger partial charge in [0.05, 0.1) is 7.11 Å². The molecule has 1 aromatic carbocycles. The first-order valence-electron chi connectivity index (χ1n) is 7.46. The topological polar surface area (TPSA) is 77.4 Å². The van der Waals surface area contributed by atoms with Crippen LogP contribution in [0.3, 0.4) is 0 Å². The Morgan fingerprint density at radius 3 is 2.61 bits per heavy atom. The Kier molecular flexibility index (Phi) is 8.25. The third kappa shape index (κ3) is 7.34. The van der Waals surface area contributed by atoms with E-state index in [0.717, 1.165) is 30.8 Å². The van der Waals surface area contributed by atoms with Crippen molar-refractivity contribution in [3.63, 3.8) is 0 Å². The van der Waals surface area contributed by atoms with E-state index in [1.54, 1.807) is 7.11 Å². The highest BCUT2D eigenvalue weighted by Crippen LogP contribution is 2.11. The van der Waals surface area contributed by atoms with E-state index in [1.165, 1.54) is 6.20 Å². The van der Waals surface area contributed by atoms with Crippen LogP contribution < -0.4 is 15.4 Å². The van der Waals surface area contributed by atoms with Crippen LogP contribution in [0.1, 0.15) is 12.0 Å². The molecule has 0 saturated heterocycles. The van der Waals surface area contributed by atoms with Crippen LogP contribution in [0.15, 0.2) is 36.0 Å². The van der Waals surface area contributed by atoms with Crippen LogP contribution >= 0.6 is 0 Å². The Morgan fingerprint density at radius 2 is 2.04 bits per heavy atom. The van der Waals surface area contributed by atoms with Gasteiger partial charge < -0.3 is 20.3 Å². The Hall–Kier alpha value is -2.52. The molecule has 0 bridgehead atoms. The van der Waals surface area contributed by atoms with Crippen molar-refractivity contribution in [1.29, 1.82) is 5.26 Å². The Morgan fingerprint density at radius 1 is 1.35 bits per heavy atom. The number of carbonyl (C=O) groups is 1.